The molecule has 0 saturated heterocycles. The molecule has 0 bridgehead atoms. The van der Waals surface area contributed by atoms with E-state index in [-0.39, 0.29) is 5.91 Å². The van der Waals surface area contributed by atoms with Gasteiger partial charge in [0.2, 0.25) is 0 Å². The fraction of sp³-hybridized carbons (Fsp3) is 0.100. The number of carbonyl (C=O) groups is 1. The lowest BCUT2D eigenvalue weighted by Gasteiger charge is -2.07. The van der Waals surface area contributed by atoms with E-state index < -0.39 is 0 Å². The molecule has 0 aliphatic heterocycles. The first-order valence-corrected chi connectivity index (χ1v) is 8.14. The molecule has 1 N–H and O–H groups in total. The van der Waals surface area contributed by atoms with Crippen molar-refractivity contribution in [2.45, 2.75) is 6.54 Å². The maximum Gasteiger partial charge on any atom is 0.251 e. The fourth-order valence-electron chi connectivity index (χ4n) is 2.91. The van der Waals surface area contributed by atoms with Gasteiger partial charge in [-0.15, -0.1) is 0 Å². The van der Waals surface area contributed by atoms with E-state index in [9.17, 15) is 4.79 Å². The van der Waals surface area contributed by atoms with Crippen LogP contribution in [0.5, 0.6) is 0 Å². The second-order valence-electron chi connectivity index (χ2n) is 5.90. The minimum Gasteiger partial charge on any atom is -0.345 e. The van der Waals surface area contributed by atoms with Crippen molar-refractivity contribution in [1.29, 1.82) is 0 Å². The number of benzene rings is 2. The highest BCUT2D eigenvalue weighted by molar-refractivity contribution is 5.94. The third kappa shape index (κ3) is 2.92. The smallest absolute Gasteiger partial charge is 0.251 e. The van der Waals surface area contributed by atoms with Crippen molar-refractivity contribution in [1.82, 2.24) is 19.4 Å². The predicted molar refractivity (Wildman–Crippen MR) is 97.7 cm³/mol. The van der Waals surface area contributed by atoms with E-state index in [2.05, 4.69) is 10.3 Å². The highest BCUT2D eigenvalue weighted by Gasteiger charge is 2.10. The van der Waals surface area contributed by atoms with Gasteiger partial charge in [-0.05, 0) is 48.5 Å². The summed E-state index contributed by atoms with van der Waals surface area (Å²) in [6, 6.07) is 19.4. The van der Waals surface area contributed by atoms with Crippen molar-refractivity contribution in [3.8, 4) is 5.69 Å². The van der Waals surface area contributed by atoms with Crippen molar-refractivity contribution < 1.29 is 4.79 Å². The van der Waals surface area contributed by atoms with E-state index >= 15 is 0 Å². The van der Waals surface area contributed by atoms with Gasteiger partial charge in [0.1, 0.15) is 5.82 Å². The van der Waals surface area contributed by atoms with E-state index in [0.29, 0.717) is 12.1 Å². The number of para-hydroxylation sites is 2. The topological polar surface area (TPSA) is 51.9 Å². The lowest BCUT2D eigenvalue weighted by atomic mass is 10.2. The zero-order valence-electron chi connectivity index (χ0n) is 13.9. The molecule has 5 nitrogen and oxygen atoms in total. The van der Waals surface area contributed by atoms with Crippen molar-refractivity contribution in [3.05, 3.63) is 84.4 Å². The monoisotopic (exact) mass is 330 g/mol. The summed E-state index contributed by atoms with van der Waals surface area (Å²) in [5.41, 5.74) is 3.65. The maximum atomic E-state index is 12.4. The summed E-state index contributed by atoms with van der Waals surface area (Å²) >= 11 is 0. The Balaban J connectivity index is 1.47. The number of hydrogen-bond acceptors (Lipinski definition) is 2. The molecule has 0 saturated carbocycles. The van der Waals surface area contributed by atoms with Gasteiger partial charge in [-0.2, -0.15) is 0 Å². The molecule has 2 heterocycles. The van der Waals surface area contributed by atoms with Crippen LogP contribution in [0.25, 0.3) is 16.7 Å². The molecular formula is C20H18N4O. The molecule has 2 aromatic carbocycles. The summed E-state index contributed by atoms with van der Waals surface area (Å²) in [7, 11) is 1.96. The zero-order chi connectivity index (χ0) is 17.2. The van der Waals surface area contributed by atoms with Gasteiger partial charge in [0.05, 0.1) is 17.6 Å². The number of aromatic nitrogens is 3. The van der Waals surface area contributed by atoms with Crippen molar-refractivity contribution in [2.24, 2.45) is 7.05 Å². The molecule has 0 unspecified atom stereocenters. The fourth-order valence-corrected chi connectivity index (χ4v) is 2.91. The molecule has 5 heteroatoms. The van der Waals surface area contributed by atoms with Crippen LogP contribution in [0.15, 0.2) is 73.1 Å². The number of rotatable bonds is 4. The van der Waals surface area contributed by atoms with Gasteiger partial charge in [0.25, 0.3) is 5.91 Å². The van der Waals surface area contributed by atoms with E-state index in [4.69, 9.17) is 0 Å². The number of imidazole rings is 1. The molecule has 4 aromatic rings. The first kappa shape index (κ1) is 15.2. The first-order chi connectivity index (χ1) is 12.2. The van der Waals surface area contributed by atoms with Gasteiger partial charge < -0.3 is 14.5 Å². The average molecular weight is 330 g/mol. The quantitative estimate of drug-likeness (QED) is 0.624. The standard InChI is InChI=1S/C20H18N4O/c1-23-18-7-3-2-6-17(18)22-19(23)14-21-20(25)15-8-10-16(11-9-15)24-12-4-5-13-24/h2-13H,14H2,1H3,(H,21,25). The Bertz CT molecular complexity index is 1010. The lowest BCUT2D eigenvalue weighted by molar-refractivity contribution is 0.0949. The Morgan fingerprint density at radius 3 is 2.44 bits per heavy atom. The molecule has 1 amide bonds. The summed E-state index contributed by atoms with van der Waals surface area (Å²) < 4.78 is 4.01. The third-order valence-electron chi connectivity index (χ3n) is 4.32. The van der Waals surface area contributed by atoms with Crippen molar-refractivity contribution >= 4 is 16.9 Å². The first-order valence-electron chi connectivity index (χ1n) is 8.14. The summed E-state index contributed by atoms with van der Waals surface area (Å²) in [5, 5.41) is 2.94. The average Bonchev–Trinajstić information content (AvgIpc) is 3.29. The summed E-state index contributed by atoms with van der Waals surface area (Å²) in [4.78, 5) is 17.0. The summed E-state index contributed by atoms with van der Waals surface area (Å²) in [6.45, 7) is 0.392. The van der Waals surface area contributed by atoms with Crippen LogP contribution in [-0.2, 0) is 13.6 Å². The van der Waals surface area contributed by atoms with E-state index in [0.717, 1.165) is 22.5 Å². The molecule has 0 fully saturated rings. The number of fused-ring (bicyclic) bond motifs is 1. The second-order valence-corrected chi connectivity index (χ2v) is 5.90. The number of hydrogen-bond donors (Lipinski definition) is 1. The second kappa shape index (κ2) is 6.28. The third-order valence-corrected chi connectivity index (χ3v) is 4.32. The highest BCUT2D eigenvalue weighted by Crippen LogP contribution is 2.14. The molecule has 25 heavy (non-hydrogen) atoms. The lowest BCUT2D eigenvalue weighted by Crippen LogP contribution is -2.24. The van der Waals surface area contributed by atoms with E-state index in [1.807, 2.05) is 89.2 Å². The van der Waals surface area contributed by atoms with Crippen LogP contribution in [-0.4, -0.2) is 20.0 Å². The highest BCUT2D eigenvalue weighted by atomic mass is 16.1. The van der Waals surface area contributed by atoms with Crippen molar-refractivity contribution in [3.63, 3.8) is 0 Å². The molecule has 0 spiro atoms. The minimum absolute atomic E-state index is 0.105. The van der Waals surface area contributed by atoms with Gasteiger partial charge in [0.15, 0.2) is 0 Å². The molecule has 0 atom stereocenters. The zero-order valence-corrected chi connectivity index (χ0v) is 13.9. The molecule has 0 aliphatic carbocycles. The van der Waals surface area contributed by atoms with E-state index in [1.54, 1.807) is 0 Å². The molecule has 0 radical (unpaired) electrons. The van der Waals surface area contributed by atoms with Crippen LogP contribution in [0.2, 0.25) is 0 Å². The number of carbonyl (C=O) groups excluding carboxylic acids is 1. The van der Waals surface area contributed by atoms with Crippen LogP contribution in [0.1, 0.15) is 16.2 Å². The Morgan fingerprint density at radius 1 is 1.00 bits per heavy atom. The molecular weight excluding hydrogens is 312 g/mol. The summed E-state index contributed by atoms with van der Waals surface area (Å²) in [6.07, 6.45) is 3.95. The van der Waals surface area contributed by atoms with Crippen molar-refractivity contribution in [2.75, 3.05) is 0 Å². The van der Waals surface area contributed by atoms with Gasteiger partial charge >= 0.3 is 0 Å². The number of amides is 1. The van der Waals surface area contributed by atoms with Gasteiger partial charge in [-0.25, -0.2) is 4.98 Å². The molecule has 0 aliphatic rings. The molecule has 2 aromatic heterocycles. The Kier molecular flexibility index (Phi) is 3.82. The van der Waals surface area contributed by atoms with Gasteiger partial charge in [-0.3, -0.25) is 4.79 Å². The SMILES string of the molecule is Cn1c(CNC(=O)c2ccc(-n3cccc3)cc2)nc2ccccc21. The van der Waals surface area contributed by atoms with Gasteiger partial charge in [0, 0.05) is 30.7 Å². The maximum absolute atomic E-state index is 12.4. The number of nitrogens with one attached hydrogen (secondary N) is 1. The normalized spacial score (nSPS) is 10.9. The number of aryl methyl sites for hydroxylation is 1. The minimum atomic E-state index is -0.105. The number of nitrogens with zero attached hydrogens (tertiary/aromatic N) is 3. The largest absolute Gasteiger partial charge is 0.345 e. The van der Waals surface area contributed by atoms with Crippen LogP contribution in [0.3, 0.4) is 0 Å². The molecule has 4 rings (SSSR count). The Labute approximate surface area is 145 Å². The van der Waals surface area contributed by atoms with Gasteiger partial charge in [-0.1, -0.05) is 12.1 Å². The van der Waals surface area contributed by atoms with Crippen LogP contribution < -0.4 is 5.32 Å². The summed E-state index contributed by atoms with van der Waals surface area (Å²) in [5.74, 6) is 0.727. The van der Waals surface area contributed by atoms with E-state index in [1.165, 1.54) is 0 Å². The van der Waals surface area contributed by atoms with Crippen LogP contribution >= 0.6 is 0 Å². The Morgan fingerprint density at radius 2 is 1.72 bits per heavy atom. The predicted octanol–water partition coefficient (Wildman–Crippen LogP) is 3.29. The van der Waals surface area contributed by atoms with Crippen LogP contribution in [0, 0.1) is 0 Å². The molecule has 124 valence electrons. The Hall–Kier alpha value is -3.34. The van der Waals surface area contributed by atoms with Crippen LogP contribution in [0.4, 0.5) is 0 Å².